The molecule has 0 rings (SSSR count). The van der Waals surface area contributed by atoms with Gasteiger partial charge in [0.2, 0.25) is 5.91 Å². The Morgan fingerprint density at radius 1 is 1.04 bits per heavy atom. The van der Waals surface area contributed by atoms with Gasteiger partial charge in [-0.1, -0.05) is 0 Å². The van der Waals surface area contributed by atoms with Crippen molar-refractivity contribution in [3.05, 3.63) is 0 Å². The molecule has 0 bridgehead atoms. The number of nitrogens with one attached hydrogen (secondary N) is 3. The van der Waals surface area contributed by atoms with Crippen LogP contribution < -0.4 is 16.0 Å². The van der Waals surface area contributed by atoms with Gasteiger partial charge in [0.15, 0.2) is 5.96 Å². The summed E-state index contributed by atoms with van der Waals surface area (Å²) in [6.07, 6.45) is 0.252. The number of methoxy groups -OCH3 is 1. The standard InChI is InChI=1S/C16H33N5O4/c1-16(2,3)25-15(23)19-9-7-8-17-14(18-10-11-24-6)20-12-13(22)21(4)5/h7-12H2,1-6H3,(H,19,23)(H2,17,18,20). The largest absolute Gasteiger partial charge is 0.444 e. The second-order valence-electron chi connectivity index (χ2n) is 6.58. The molecule has 0 aromatic carbocycles. The Kier molecular flexibility index (Phi) is 11.3. The molecule has 0 aliphatic carbocycles. The van der Waals surface area contributed by atoms with E-state index in [0.29, 0.717) is 38.6 Å². The molecule has 0 saturated heterocycles. The maximum atomic E-state index is 11.6. The molecule has 0 unspecified atom stereocenters. The molecule has 0 spiro atoms. The van der Waals surface area contributed by atoms with E-state index in [4.69, 9.17) is 9.47 Å². The smallest absolute Gasteiger partial charge is 0.407 e. The zero-order chi connectivity index (χ0) is 19.3. The second-order valence-corrected chi connectivity index (χ2v) is 6.58. The number of carbonyl (C=O) groups excluding carboxylic acids is 2. The van der Waals surface area contributed by atoms with Crippen molar-refractivity contribution in [2.24, 2.45) is 4.99 Å². The van der Waals surface area contributed by atoms with E-state index in [9.17, 15) is 9.59 Å². The van der Waals surface area contributed by atoms with E-state index in [-0.39, 0.29) is 12.5 Å². The maximum absolute atomic E-state index is 11.6. The second kappa shape index (κ2) is 12.3. The normalized spacial score (nSPS) is 11.7. The van der Waals surface area contributed by atoms with E-state index >= 15 is 0 Å². The van der Waals surface area contributed by atoms with Crippen LogP contribution in [0.15, 0.2) is 4.99 Å². The molecule has 0 aliphatic heterocycles. The summed E-state index contributed by atoms with van der Waals surface area (Å²) in [5.41, 5.74) is -0.508. The van der Waals surface area contributed by atoms with Crippen molar-refractivity contribution in [2.45, 2.75) is 32.8 Å². The third kappa shape index (κ3) is 14.1. The maximum Gasteiger partial charge on any atom is 0.407 e. The molecule has 9 heteroatoms. The predicted molar refractivity (Wildman–Crippen MR) is 97.7 cm³/mol. The van der Waals surface area contributed by atoms with Crippen LogP contribution in [-0.4, -0.2) is 82.5 Å². The number of alkyl carbamates (subject to hydrolysis) is 1. The van der Waals surface area contributed by atoms with E-state index in [1.54, 1.807) is 21.2 Å². The van der Waals surface area contributed by atoms with Crippen molar-refractivity contribution in [1.82, 2.24) is 20.9 Å². The summed E-state index contributed by atoms with van der Waals surface area (Å²) in [6, 6.07) is 0. The molecule has 0 aromatic rings. The number of rotatable bonds is 9. The van der Waals surface area contributed by atoms with Gasteiger partial charge in [-0.25, -0.2) is 9.79 Å². The monoisotopic (exact) mass is 359 g/mol. The zero-order valence-corrected chi connectivity index (χ0v) is 16.3. The molecule has 0 aromatic heterocycles. The van der Waals surface area contributed by atoms with Crippen LogP contribution in [0, 0.1) is 0 Å². The van der Waals surface area contributed by atoms with E-state index < -0.39 is 11.7 Å². The lowest BCUT2D eigenvalue weighted by Gasteiger charge is -2.19. The first-order chi connectivity index (χ1) is 11.7. The lowest BCUT2D eigenvalue weighted by Crippen LogP contribution is -2.41. The SMILES string of the molecule is COCCNC(=NCC(=O)N(C)C)NCCCNC(=O)OC(C)(C)C. The number of ether oxygens (including phenoxy) is 2. The van der Waals surface area contributed by atoms with Gasteiger partial charge < -0.3 is 30.3 Å². The van der Waals surface area contributed by atoms with Gasteiger partial charge in [0.25, 0.3) is 0 Å². The molecular weight excluding hydrogens is 326 g/mol. The summed E-state index contributed by atoms with van der Waals surface area (Å²) in [7, 11) is 4.99. The zero-order valence-electron chi connectivity index (χ0n) is 16.3. The third-order valence-corrected chi connectivity index (χ3v) is 2.78. The Morgan fingerprint density at radius 2 is 1.64 bits per heavy atom. The highest BCUT2D eigenvalue weighted by atomic mass is 16.6. The Morgan fingerprint density at radius 3 is 2.20 bits per heavy atom. The Balaban J connectivity index is 4.18. The minimum Gasteiger partial charge on any atom is -0.444 e. The highest BCUT2D eigenvalue weighted by molar-refractivity contribution is 5.84. The van der Waals surface area contributed by atoms with Crippen LogP contribution in [-0.2, 0) is 14.3 Å². The number of aliphatic imine (C=N–C) groups is 1. The van der Waals surface area contributed by atoms with Crippen molar-refractivity contribution in [2.75, 3.05) is 54.0 Å². The highest BCUT2D eigenvalue weighted by Crippen LogP contribution is 2.06. The average Bonchev–Trinajstić information content (AvgIpc) is 2.49. The lowest BCUT2D eigenvalue weighted by atomic mass is 10.2. The highest BCUT2D eigenvalue weighted by Gasteiger charge is 2.15. The summed E-state index contributed by atoms with van der Waals surface area (Å²) >= 11 is 0. The number of likely N-dealkylation sites (N-methyl/N-ethyl adjacent to an activating group) is 1. The van der Waals surface area contributed by atoms with Gasteiger partial charge in [-0.2, -0.15) is 0 Å². The molecule has 2 amide bonds. The number of guanidine groups is 1. The van der Waals surface area contributed by atoms with Crippen LogP contribution in [0.3, 0.4) is 0 Å². The summed E-state index contributed by atoms with van der Waals surface area (Å²) in [5.74, 6) is 0.448. The summed E-state index contributed by atoms with van der Waals surface area (Å²) in [4.78, 5) is 28.9. The molecule has 9 nitrogen and oxygen atoms in total. The van der Waals surface area contributed by atoms with Gasteiger partial charge in [0, 0.05) is 40.8 Å². The van der Waals surface area contributed by atoms with Gasteiger partial charge in [-0.3, -0.25) is 4.79 Å². The molecule has 146 valence electrons. The Hall–Kier alpha value is -2.03. The first kappa shape index (κ1) is 23.0. The Bertz CT molecular complexity index is 433. The molecule has 0 heterocycles. The van der Waals surface area contributed by atoms with Crippen LogP contribution in [0.25, 0.3) is 0 Å². The molecule has 0 saturated carbocycles. The van der Waals surface area contributed by atoms with E-state index in [1.807, 2.05) is 20.8 Å². The van der Waals surface area contributed by atoms with Gasteiger partial charge >= 0.3 is 6.09 Å². The molecule has 3 N–H and O–H groups in total. The number of hydrogen-bond acceptors (Lipinski definition) is 5. The molecular formula is C16H33N5O4. The molecule has 0 radical (unpaired) electrons. The summed E-state index contributed by atoms with van der Waals surface area (Å²) < 4.78 is 10.1. The fraction of sp³-hybridized carbons (Fsp3) is 0.812. The van der Waals surface area contributed by atoms with Crippen LogP contribution in [0.2, 0.25) is 0 Å². The van der Waals surface area contributed by atoms with Gasteiger partial charge in [-0.15, -0.1) is 0 Å². The van der Waals surface area contributed by atoms with Crippen molar-refractivity contribution >= 4 is 18.0 Å². The average molecular weight is 359 g/mol. The topological polar surface area (TPSA) is 104 Å². The number of hydrogen-bond donors (Lipinski definition) is 3. The quantitative estimate of drug-likeness (QED) is 0.308. The minimum atomic E-state index is -0.508. The van der Waals surface area contributed by atoms with Crippen molar-refractivity contribution in [3.8, 4) is 0 Å². The third-order valence-electron chi connectivity index (χ3n) is 2.78. The number of amides is 2. The minimum absolute atomic E-state index is 0.0610. The first-order valence-electron chi connectivity index (χ1n) is 8.34. The first-order valence-corrected chi connectivity index (χ1v) is 8.34. The molecule has 0 aliphatic rings. The van der Waals surface area contributed by atoms with Crippen molar-refractivity contribution in [3.63, 3.8) is 0 Å². The molecule has 0 fully saturated rings. The molecule has 0 atom stereocenters. The fourth-order valence-electron chi connectivity index (χ4n) is 1.53. The van der Waals surface area contributed by atoms with Crippen LogP contribution in [0.1, 0.15) is 27.2 Å². The summed E-state index contributed by atoms with van der Waals surface area (Å²) in [6.45, 7) is 7.68. The predicted octanol–water partition coefficient (Wildman–Crippen LogP) is 0.171. The lowest BCUT2D eigenvalue weighted by molar-refractivity contribution is -0.127. The van der Waals surface area contributed by atoms with Crippen molar-refractivity contribution < 1.29 is 19.1 Å². The fourth-order valence-corrected chi connectivity index (χ4v) is 1.53. The number of carbonyl (C=O) groups is 2. The van der Waals surface area contributed by atoms with Gasteiger partial charge in [-0.05, 0) is 27.2 Å². The van der Waals surface area contributed by atoms with Crippen molar-refractivity contribution in [1.29, 1.82) is 0 Å². The summed E-state index contributed by atoms with van der Waals surface area (Å²) in [5, 5.41) is 8.88. The van der Waals surface area contributed by atoms with Crippen LogP contribution in [0.4, 0.5) is 4.79 Å². The van der Waals surface area contributed by atoms with Crippen LogP contribution in [0.5, 0.6) is 0 Å². The molecule has 25 heavy (non-hydrogen) atoms. The Labute approximate surface area is 150 Å². The van der Waals surface area contributed by atoms with E-state index in [1.165, 1.54) is 4.90 Å². The number of nitrogens with zero attached hydrogens (tertiary/aromatic N) is 2. The van der Waals surface area contributed by atoms with Gasteiger partial charge in [0.1, 0.15) is 12.1 Å². The van der Waals surface area contributed by atoms with Gasteiger partial charge in [0.05, 0.1) is 6.61 Å². The van der Waals surface area contributed by atoms with Crippen LogP contribution >= 0.6 is 0 Å². The van der Waals surface area contributed by atoms with E-state index in [0.717, 1.165) is 0 Å². The van der Waals surface area contributed by atoms with E-state index in [2.05, 4.69) is 20.9 Å².